The third-order valence-electron chi connectivity index (χ3n) is 2.97. The van der Waals surface area contributed by atoms with E-state index in [2.05, 4.69) is 23.7 Å². The number of aromatic nitrogens is 1. The summed E-state index contributed by atoms with van der Waals surface area (Å²) in [5.74, 6) is 0.863. The van der Waals surface area contributed by atoms with E-state index in [1.807, 2.05) is 12.1 Å². The van der Waals surface area contributed by atoms with Crippen molar-refractivity contribution in [1.29, 1.82) is 0 Å². The Morgan fingerprint density at radius 2 is 1.90 bits per heavy atom. The van der Waals surface area contributed by atoms with E-state index in [4.69, 9.17) is 4.52 Å². The first-order valence-corrected chi connectivity index (χ1v) is 7.88. The Morgan fingerprint density at radius 3 is 2.40 bits per heavy atom. The van der Waals surface area contributed by atoms with Crippen LogP contribution in [0.15, 0.2) is 39.8 Å². The number of sulfonamides is 1. The Bertz CT molecular complexity index is 673. The molecular weight excluding hydrogens is 276 g/mol. The molecule has 2 aromatic rings. The Labute approximate surface area is 119 Å². The molecule has 0 spiro atoms. The summed E-state index contributed by atoms with van der Waals surface area (Å²) in [6.07, 6.45) is 0. The number of aryl methyl sites for hydroxylation is 1. The van der Waals surface area contributed by atoms with E-state index >= 15 is 0 Å². The molecule has 0 saturated heterocycles. The third kappa shape index (κ3) is 3.46. The fourth-order valence-electron chi connectivity index (χ4n) is 1.78. The van der Waals surface area contributed by atoms with Crippen LogP contribution in [0.2, 0.25) is 0 Å². The molecule has 0 amide bonds. The van der Waals surface area contributed by atoms with E-state index in [9.17, 15) is 8.42 Å². The first-order chi connectivity index (χ1) is 9.38. The number of hydrogen-bond acceptors (Lipinski definition) is 4. The monoisotopic (exact) mass is 294 g/mol. The van der Waals surface area contributed by atoms with Gasteiger partial charge in [0.2, 0.25) is 10.0 Å². The molecule has 1 N–H and O–H groups in total. The average Bonchev–Trinajstić information content (AvgIpc) is 2.82. The first kappa shape index (κ1) is 14.7. The molecule has 0 fully saturated rings. The van der Waals surface area contributed by atoms with Crippen LogP contribution in [-0.4, -0.2) is 13.6 Å². The number of benzene rings is 1. The molecule has 0 bridgehead atoms. The van der Waals surface area contributed by atoms with E-state index in [0.29, 0.717) is 11.7 Å². The minimum Gasteiger partial charge on any atom is -0.360 e. The normalized spacial score (nSPS) is 12.0. The topological polar surface area (TPSA) is 72.2 Å². The third-order valence-corrected chi connectivity index (χ3v) is 4.39. The molecule has 0 atom stereocenters. The highest BCUT2D eigenvalue weighted by Gasteiger charge is 2.15. The molecule has 1 heterocycles. The van der Waals surface area contributed by atoms with Crippen LogP contribution < -0.4 is 4.72 Å². The molecule has 0 aliphatic heterocycles. The van der Waals surface area contributed by atoms with Gasteiger partial charge in [-0.2, -0.15) is 0 Å². The van der Waals surface area contributed by atoms with Gasteiger partial charge in [-0.05, 0) is 30.5 Å². The van der Waals surface area contributed by atoms with Crippen molar-refractivity contribution < 1.29 is 12.9 Å². The van der Waals surface area contributed by atoms with Gasteiger partial charge in [0.25, 0.3) is 0 Å². The Morgan fingerprint density at radius 1 is 1.25 bits per heavy atom. The Balaban J connectivity index is 2.09. The van der Waals surface area contributed by atoms with E-state index < -0.39 is 10.0 Å². The van der Waals surface area contributed by atoms with Crippen molar-refractivity contribution in [2.75, 3.05) is 0 Å². The number of hydrogen-bond donors (Lipinski definition) is 1. The van der Waals surface area contributed by atoms with Crippen LogP contribution in [0.4, 0.5) is 0 Å². The van der Waals surface area contributed by atoms with E-state index in [0.717, 1.165) is 11.3 Å². The highest BCUT2D eigenvalue weighted by molar-refractivity contribution is 7.89. The summed E-state index contributed by atoms with van der Waals surface area (Å²) in [7, 11) is -3.53. The maximum absolute atomic E-state index is 12.1. The summed E-state index contributed by atoms with van der Waals surface area (Å²) < 4.78 is 31.7. The zero-order valence-electron chi connectivity index (χ0n) is 11.8. The van der Waals surface area contributed by atoms with Gasteiger partial charge in [0.05, 0.1) is 17.1 Å². The molecule has 20 heavy (non-hydrogen) atoms. The standard InChI is InChI=1S/C14H18N2O3S/c1-10(2)12-4-6-14(7-5-12)20(17,18)15-9-13-8-11(3)16-19-13/h4-8,10,15H,9H2,1-3H3. The number of nitrogens with one attached hydrogen (secondary N) is 1. The largest absolute Gasteiger partial charge is 0.360 e. The summed E-state index contributed by atoms with van der Waals surface area (Å²) >= 11 is 0. The van der Waals surface area contributed by atoms with Crippen molar-refractivity contribution in [2.45, 2.75) is 38.1 Å². The van der Waals surface area contributed by atoms with Crippen LogP contribution in [0.1, 0.15) is 36.8 Å². The lowest BCUT2D eigenvalue weighted by Crippen LogP contribution is -2.23. The number of rotatable bonds is 5. The lowest BCUT2D eigenvalue weighted by atomic mass is 10.0. The van der Waals surface area contributed by atoms with Gasteiger partial charge in [-0.25, -0.2) is 13.1 Å². The van der Waals surface area contributed by atoms with Gasteiger partial charge in [0.15, 0.2) is 5.76 Å². The van der Waals surface area contributed by atoms with Crippen molar-refractivity contribution >= 4 is 10.0 Å². The predicted molar refractivity (Wildman–Crippen MR) is 75.8 cm³/mol. The van der Waals surface area contributed by atoms with Gasteiger partial charge >= 0.3 is 0 Å². The van der Waals surface area contributed by atoms with Crippen molar-refractivity contribution in [3.63, 3.8) is 0 Å². The molecule has 6 heteroatoms. The minimum atomic E-state index is -3.53. The molecule has 0 aliphatic carbocycles. The van der Waals surface area contributed by atoms with E-state index in [1.165, 1.54) is 0 Å². The minimum absolute atomic E-state index is 0.0924. The van der Waals surface area contributed by atoms with Crippen LogP contribution in [0.5, 0.6) is 0 Å². The van der Waals surface area contributed by atoms with Crippen molar-refractivity contribution in [1.82, 2.24) is 9.88 Å². The van der Waals surface area contributed by atoms with Crippen molar-refractivity contribution in [2.24, 2.45) is 0 Å². The van der Waals surface area contributed by atoms with Gasteiger partial charge in [-0.15, -0.1) is 0 Å². The summed E-state index contributed by atoms with van der Waals surface area (Å²) in [6.45, 7) is 6.00. The van der Waals surface area contributed by atoms with Gasteiger partial charge in [-0.1, -0.05) is 31.1 Å². The molecule has 1 aromatic carbocycles. The zero-order chi connectivity index (χ0) is 14.8. The molecule has 0 radical (unpaired) electrons. The maximum Gasteiger partial charge on any atom is 0.240 e. The van der Waals surface area contributed by atoms with Gasteiger partial charge in [0.1, 0.15) is 0 Å². The quantitative estimate of drug-likeness (QED) is 0.920. The van der Waals surface area contributed by atoms with Gasteiger partial charge < -0.3 is 4.52 Å². The number of nitrogens with zero attached hydrogens (tertiary/aromatic N) is 1. The second-order valence-electron chi connectivity index (χ2n) is 4.98. The lowest BCUT2D eigenvalue weighted by Gasteiger charge is -2.08. The Kier molecular flexibility index (Phi) is 4.25. The van der Waals surface area contributed by atoms with Crippen LogP contribution in [-0.2, 0) is 16.6 Å². The molecule has 1 aromatic heterocycles. The van der Waals surface area contributed by atoms with Crippen LogP contribution in [0, 0.1) is 6.92 Å². The second kappa shape index (κ2) is 5.76. The predicted octanol–water partition coefficient (Wildman–Crippen LogP) is 2.58. The smallest absolute Gasteiger partial charge is 0.240 e. The molecule has 108 valence electrons. The average molecular weight is 294 g/mol. The van der Waals surface area contributed by atoms with Crippen molar-refractivity contribution in [3.05, 3.63) is 47.3 Å². The molecule has 0 aliphatic rings. The lowest BCUT2D eigenvalue weighted by molar-refractivity contribution is 0.377. The fraction of sp³-hybridized carbons (Fsp3) is 0.357. The summed E-state index contributed by atoms with van der Waals surface area (Å²) in [5.41, 5.74) is 1.83. The van der Waals surface area contributed by atoms with E-state index in [-0.39, 0.29) is 11.4 Å². The summed E-state index contributed by atoms with van der Waals surface area (Å²) in [5, 5.41) is 3.71. The Hall–Kier alpha value is -1.66. The summed E-state index contributed by atoms with van der Waals surface area (Å²) in [4.78, 5) is 0.248. The zero-order valence-corrected chi connectivity index (χ0v) is 12.6. The molecule has 2 rings (SSSR count). The van der Waals surface area contributed by atoms with Crippen LogP contribution in [0.25, 0.3) is 0 Å². The van der Waals surface area contributed by atoms with Gasteiger partial charge in [-0.3, -0.25) is 0 Å². The second-order valence-corrected chi connectivity index (χ2v) is 6.75. The van der Waals surface area contributed by atoms with Crippen LogP contribution in [0.3, 0.4) is 0 Å². The maximum atomic E-state index is 12.1. The first-order valence-electron chi connectivity index (χ1n) is 6.40. The molecule has 0 unspecified atom stereocenters. The summed E-state index contributed by atoms with van der Waals surface area (Å²) in [6, 6.07) is 8.59. The highest BCUT2D eigenvalue weighted by atomic mass is 32.2. The van der Waals surface area contributed by atoms with Crippen molar-refractivity contribution in [3.8, 4) is 0 Å². The molecule has 5 nitrogen and oxygen atoms in total. The van der Waals surface area contributed by atoms with E-state index in [1.54, 1.807) is 25.1 Å². The fourth-order valence-corrected chi connectivity index (χ4v) is 2.77. The molecule has 0 saturated carbocycles. The SMILES string of the molecule is Cc1cc(CNS(=O)(=O)c2ccc(C(C)C)cc2)on1. The highest BCUT2D eigenvalue weighted by Crippen LogP contribution is 2.17. The van der Waals surface area contributed by atoms with Gasteiger partial charge in [0, 0.05) is 6.07 Å². The molecular formula is C14H18N2O3S. The van der Waals surface area contributed by atoms with Crippen LogP contribution >= 0.6 is 0 Å².